The van der Waals surface area contributed by atoms with E-state index in [0.29, 0.717) is 12.3 Å². The highest BCUT2D eigenvalue weighted by atomic mass is 32.1. The lowest BCUT2D eigenvalue weighted by molar-refractivity contribution is -0.126. The number of carbonyl (C=O) groups is 1. The number of hydrogen-bond acceptors (Lipinski definition) is 4. The first kappa shape index (κ1) is 15.5. The molecule has 0 radical (unpaired) electrons. The van der Waals surface area contributed by atoms with Gasteiger partial charge in [0.1, 0.15) is 0 Å². The van der Waals surface area contributed by atoms with Gasteiger partial charge in [-0.05, 0) is 47.6 Å². The van der Waals surface area contributed by atoms with E-state index in [-0.39, 0.29) is 11.8 Å². The molecule has 0 aliphatic heterocycles. The molecule has 1 aliphatic rings. The van der Waals surface area contributed by atoms with E-state index >= 15 is 0 Å². The SMILES string of the molecule is C[C@@H]1CCC[C@H](C(=O)N[C@@H](Cc2ccsc2)B(O)O)C1. The lowest BCUT2D eigenvalue weighted by Gasteiger charge is -2.27. The van der Waals surface area contributed by atoms with Crippen LogP contribution in [0.15, 0.2) is 16.8 Å². The van der Waals surface area contributed by atoms with Gasteiger partial charge >= 0.3 is 7.12 Å². The largest absolute Gasteiger partial charge is 0.475 e. The van der Waals surface area contributed by atoms with Crippen LogP contribution in [0.5, 0.6) is 0 Å². The molecule has 0 saturated heterocycles. The maximum atomic E-state index is 12.3. The van der Waals surface area contributed by atoms with Gasteiger partial charge in [-0.2, -0.15) is 11.3 Å². The molecule has 0 bridgehead atoms. The molecule has 1 aliphatic carbocycles. The van der Waals surface area contributed by atoms with Crippen molar-refractivity contribution in [1.29, 1.82) is 0 Å². The van der Waals surface area contributed by atoms with Crippen LogP contribution in [0.1, 0.15) is 38.2 Å². The van der Waals surface area contributed by atoms with Crippen molar-refractivity contribution in [3.05, 3.63) is 22.4 Å². The summed E-state index contributed by atoms with van der Waals surface area (Å²) in [6.07, 6.45) is 4.53. The molecule has 2 rings (SSSR count). The fourth-order valence-corrected chi connectivity index (χ4v) is 3.55. The van der Waals surface area contributed by atoms with Gasteiger partial charge in [0.05, 0.1) is 5.94 Å². The minimum atomic E-state index is -1.53. The number of amides is 1. The van der Waals surface area contributed by atoms with E-state index < -0.39 is 13.1 Å². The third-order valence-corrected chi connectivity index (χ3v) is 4.76. The highest BCUT2D eigenvalue weighted by Gasteiger charge is 2.30. The molecule has 1 saturated carbocycles. The number of rotatable bonds is 5. The molecule has 1 aromatic rings. The quantitative estimate of drug-likeness (QED) is 0.723. The van der Waals surface area contributed by atoms with Crippen LogP contribution in [0.3, 0.4) is 0 Å². The van der Waals surface area contributed by atoms with Crippen LogP contribution in [0.2, 0.25) is 0 Å². The summed E-state index contributed by atoms with van der Waals surface area (Å²) in [5.74, 6) is -0.0736. The van der Waals surface area contributed by atoms with Crippen LogP contribution in [0.4, 0.5) is 0 Å². The van der Waals surface area contributed by atoms with Gasteiger partial charge in [0.15, 0.2) is 0 Å². The van der Waals surface area contributed by atoms with E-state index in [0.717, 1.165) is 24.8 Å². The van der Waals surface area contributed by atoms with E-state index in [1.807, 2.05) is 16.8 Å². The Morgan fingerprint density at radius 1 is 1.55 bits per heavy atom. The summed E-state index contributed by atoms with van der Waals surface area (Å²) < 4.78 is 0. The minimum absolute atomic E-state index is 0.0162. The summed E-state index contributed by atoms with van der Waals surface area (Å²) in [4.78, 5) is 12.3. The Hall–Kier alpha value is -0.845. The normalized spacial score (nSPS) is 24.1. The van der Waals surface area contributed by atoms with E-state index in [2.05, 4.69) is 12.2 Å². The number of nitrogens with one attached hydrogen (secondary N) is 1. The Bertz CT molecular complexity index is 424. The molecule has 4 nitrogen and oxygen atoms in total. The molecule has 3 N–H and O–H groups in total. The highest BCUT2D eigenvalue weighted by molar-refractivity contribution is 7.07. The molecule has 1 heterocycles. The summed E-state index contributed by atoms with van der Waals surface area (Å²) in [5.41, 5.74) is 1.02. The first-order chi connectivity index (χ1) is 9.56. The van der Waals surface area contributed by atoms with Crippen molar-refractivity contribution in [1.82, 2.24) is 5.32 Å². The molecule has 0 spiro atoms. The molecule has 1 aromatic heterocycles. The van der Waals surface area contributed by atoms with Crippen molar-refractivity contribution in [2.24, 2.45) is 11.8 Å². The van der Waals surface area contributed by atoms with Crippen LogP contribution < -0.4 is 5.32 Å². The number of thiophene rings is 1. The van der Waals surface area contributed by atoms with E-state index in [9.17, 15) is 14.8 Å². The fourth-order valence-electron chi connectivity index (χ4n) is 2.87. The van der Waals surface area contributed by atoms with E-state index in [1.165, 1.54) is 6.42 Å². The average molecular weight is 295 g/mol. The molecule has 6 heteroatoms. The lowest BCUT2D eigenvalue weighted by atomic mass is 9.75. The van der Waals surface area contributed by atoms with E-state index in [4.69, 9.17) is 0 Å². The summed E-state index contributed by atoms with van der Waals surface area (Å²) in [5, 5.41) is 25.6. The summed E-state index contributed by atoms with van der Waals surface area (Å²) >= 11 is 1.56. The standard InChI is InChI=1S/C14H22BNO3S/c1-10-3-2-4-12(7-10)14(17)16-13(15(18)19)8-11-5-6-20-9-11/h5-6,9-10,12-13,18-19H,2-4,7-8H2,1H3,(H,16,17)/t10-,12+,13+/m1/s1. The summed E-state index contributed by atoms with van der Waals surface area (Å²) in [6, 6.07) is 1.94. The van der Waals surface area contributed by atoms with Gasteiger partial charge in [-0.1, -0.05) is 19.8 Å². The maximum Gasteiger partial charge on any atom is 0.475 e. The van der Waals surface area contributed by atoms with Crippen LogP contribution in [-0.2, 0) is 11.2 Å². The van der Waals surface area contributed by atoms with Gasteiger partial charge in [-0.3, -0.25) is 4.79 Å². The Labute approximate surface area is 124 Å². The first-order valence-corrected chi connectivity index (χ1v) is 8.18. The van der Waals surface area contributed by atoms with Gasteiger partial charge in [0.2, 0.25) is 5.91 Å². The minimum Gasteiger partial charge on any atom is -0.426 e. The molecule has 110 valence electrons. The first-order valence-electron chi connectivity index (χ1n) is 7.24. The van der Waals surface area contributed by atoms with Crippen molar-refractivity contribution in [2.45, 2.75) is 45.0 Å². The van der Waals surface area contributed by atoms with Gasteiger partial charge in [0, 0.05) is 5.92 Å². The Morgan fingerprint density at radius 2 is 2.35 bits per heavy atom. The van der Waals surface area contributed by atoms with Crippen molar-refractivity contribution >= 4 is 24.4 Å². The molecular formula is C14H22BNO3S. The molecule has 20 heavy (non-hydrogen) atoms. The Kier molecular flexibility index (Phi) is 5.63. The zero-order chi connectivity index (χ0) is 14.5. The maximum absolute atomic E-state index is 12.3. The zero-order valence-electron chi connectivity index (χ0n) is 11.8. The Morgan fingerprint density at radius 3 is 2.95 bits per heavy atom. The molecule has 0 aromatic carbocycles. The molecule has 3 atom stereocenters. The second kappa shape index (κ2) is 7.25. The summed E-state index contributed by atoms with van der Waals surface area (Å²) in [7, 11) is -1.53. The molecule has 1 amide bonds. The van der Waals surface area contributed by atoms with Crippen molar-refractivity contribution < 1.29 is 14.8 Å². The smallest absolute Gasteiger partial charge is 0.426 e. The van der Waals surface area contributed by atoms with Crippen molar-refractivity contribution in [2.75, 3.05) is 0 Å². The zero-order valence-corrected chi connectivity index (χ0v) is 12.6. The molecular weight excluding hydrogens is 273 g/mol. The van der Waals surface area contributed by atoms with Gasteiger partial charge in [-0.15, -0.1) is 0 Å². The third kappa shape index (κ3) is 4.33. The average Bonchev–Trinajstić information content (AvgIpc) is 2.90. The lowest BCUT2D eigenvalue weighted by Crippen LogP contribution is -2.50. The van der Waals surface area contributed by atoms with Crippen LogP contribution >= 0.6 is 11.3 Å². The molecule has 0 unspecified atom stereocenters. The van der Waals surface area contributed by atoms with Crippen molar-refractivity contribution in [3.63, 3.8) is 0 Å². The van der Waals surface area contributed by atoms with Gasteiger partial charge < -0.3 is 15.4 Å². The Balaban J connectivity index is 1.91. The number of hydrogen-bond donors (Lipinski definition) is 3. The highest BCUT2D eigenvalue weighted by Crippen LogP contribution is 2.28. The summed E-state index contributed by atoms with van der Waals surface area (Å²) in [6.45, 7) is 2.17. The predicted molar refractivity (Wildman–Crippen MR) is 81.3 cm³/mol. The monoisotopic (exact) mass is 295 g/mol. The number of carbonyl (C=O) groups excluding carboxylic acids is 1. The molecule has 1 fully saturated rings. The van der Waals surface area contributed by atoms with Gasteiger partial charge in [-0.25, -0.2) is 0 Å². The fraction of sp³-hybridized carbons (Fsp3) is 0.643. The topological polar surface area (TPSA) is 69.6 Å². The van der Waals surface area contributed by atoms with Crippen LogP contribution in [0, 0.1) is 11.8 Å². The van der Waals surface area contributed by atoms with Crippen LogP contribution in [0.25, 0.3) is 0 Å². The second-order valence-corrected chi connectivity index (χ2v) is 6.61. The van der Waals surface area contributed by atoms with Gasteiger partial charge in [0.25, 0.3) is 0 Å². The van der Waals surface area contributed by atoms with Crippen LogP contribution in [-0.4, -0.2) is 29.0 Å². The second-order valence-electron chi connectivity index (χ2n) is 5.83. The predicted octanol–water partition coefficient (Wildman–Crippen LogP) is 1.61. The van der Waals surface area contributed by atoms with E-state index in [1.54, 1.807) is 11.3 Å². The third-order valence-electron chi connectivity index (χ3n) is 4.03. The van der Waals surface area contributed by atoms with Crippen molar-refractivity contribution in [3.8, 4) is 0 Å².